The third kappa shape index (κ3) is 5.09. The van der Waals surface area contributed by atoms with Gasteiger partial charge in [-0.05, 0) is 42.0 Å². The van der Waals surface area contributed by atoms with Crippen LogP contribution in [0.3, 0.4) is 0 Å². The van der Waals surface area contributed by atoms with E-state index in [2.05, 4.69) is 31.4 Å². The summed E-state index contributed by atoms with van der Waals surface area (Å²) in [6, 6.07) is 13.3. The number of amides is 1. The third-order valence-electron chi connectivity index (χ3n) is 3.44. The van der Waals surface area contributed by atoms with Crippen molar-refractivity contribution >= 4 is 45.0 Å². The second-order valence-electron chi connectivity index (χ2n) is 5.30. The standard InChI is InChI=1S/C18H16BrN3O3S/c1-24-16-6-5-12(9-20-22-18-21-17(23)11-26-18)7-13(16)10-25-15-4-2-3-14(19)8-15/h2-9H,10-11H2,1H3,(H,21,22,23). The molecule has 0 aromatic heterocycles. The first-order valence-electron chi connectivity index (χ1n) is 7.73. The van der Waals surface area contributed by atoms with Crippen molar-refractivity contribution in [3.05, 3.63) is 58.1 Å². The van der Waals surface area contributed by atoms with Crippen LogP contribution in [-0.2, 0) is 11.4 Å². The zero-order chi connectivity index (χ0) is 18.4. The summed E-state index contributed by atoms with van der Waals surface area (Å²) in [6.45, 7) is 0.363. The molecule has 1 amide bonds. The van der Waals surface area contributed by atoms with Gasteiger partial charge in [0.25, 0.3) is 0 Å². The molecule has 1 N–H and O–H groups in total. The van der Waals surface area contributed by atoms with Gasteiger partial charge in [0.1, 0.15) is 18.1 Å². The molecular formula is C18H16BrN3O3S. The zero-order valence-corrected chi connectivity index (χ0v) is 16.3. The Hall–Kier alpha value is -2.32. The van der Waals surface area contributed by atoms with E-state index >= 15 is 0 Å². The number of benzene rings is 2. The molecule has 0 spiro atoms. The number of ether oxygens (including phenoxy) is 2. The number of halogens is 1. The predicted molar refractivity (Wildman–Crippen MR) is 107 cm³/mol. The van der Waals surface area contributed by atoms with Crippen LogP contribution in [0.1, 0.15) is 11.1 Å². The van der Waals surface area contributed by atoms with Crippen LogP contribution < -0.4 is 14.8 Å². The van der Waals surface area contributed by atoms with Crippen molar-refractivity contribution in [2.45, 2.75) is 6.61 Å². The number of methoxy groups -OCH3 is 1. The first-order chi connectivity index (χ1) is 12.6. The van der Waals surface area contributed by atoms with E-state index in [1.165, 1.54) is 11.8 Å². The SMILES string of the molecule is COc1ccc(C=NN=C2NC(=O)CS2)cc1COc1cccc(Br)c1. The molecule has 8 heteroatoms. The number of carbonyl (C=O) groups is 1. The highest BCUT2D eigenvalue weighted by atomic mass is 79.9. The molecule has 2 aromatic carbocycles. The highest BCUT2D eigenvalue weighted by Crippen LogP contribution is 2.23. The lowest BCUT2D eigenvalue weighted by molar-refractivity contribution is -0.116. The molecule has 0 aliphatic carbocycles. The Balaban J connectivity index is 1.70. The van der Waals surface area contributed by atoms with Crippen molar-refractivity contribution in [1.29, 1.82) is 0 Å². The molecule has 6 nitrogen and oxygen atoms in total. The first kappa shape index (κ1) is 18.5. The van der Waals surface area contributed by atoms with Gasteiger partial charge < -0.3 is 14.8 Å². The van der Waals surface area contributed by atoms with Crippen molar-refractivity contribution in [1.82, 2.24) is 5.32 Å². The average Bonchev–Trinajstić information content (AvgIpc) is 3.05. The van der Waals surface area contributed by atoms with Gasteiger partial charge in [0.15, 0.2) is 5.17 Å². The van der Waals surface area contributed by atoms with E-state index in [-0.39, 0.29) is 5.91 Å². The molecule has 0 saturated carbocycles. The van der Waals surface area contributed by atoms with E-state index in [4.69, 9.17) is 9.47 Å². The minimum absolute atomic E-state index is 0.0552. The molecule has 1 aliphatic rings. The summed E-state index contributed by atoms with van der Waals surface area (Å²) >= 11 is 4.76. The first-order valence-corrected chi connectivity index (χ1v) is 9.51. The van der Waals surface area contributed by atoms with Crippen LogP contribution in [0.25, 0.3) is 0 Å². The summed E-state index contributed by atoms with van der Waals surface area (Å²) in [4.78, 5) is 11.1. The molecule has 3 rings (SSSR count). The van der Waals surface area contributed by atoms with Crippen molar-refractivity contribution in [2.75, 3.05) is 12.9 Å². The van der Waals surface area contributed by atoms with Crippen LogP contribution >= 0.6 is 27.7 Å². The average molecular weight is 434 g/mol. The summed E-state index contributed by atoms with van der Waals surface area (Å²) in [6.07, 6.45) is 1.63. The van der Waals surface area contributed by atoms with Crippen LogP contribution in [0.2, 0.25) is 0 Å². The van der Waals surface area contributed by atoms with E-state index in [0.717, 1.165) is 27.1 Å². The Bertz CT molecular complexity index is 871. The highest BCUT2D eigenvalue weighted by molar-refractivity contribution is 9.10. The summed E-state index contributed by atoms with van der Waals surface area (Å²) in [7, 11) is 1.62. The lowest BCUT2D eigenvalue weighted by atomic mass is 10.1. The van der Waals surface area contributed by atoms with Crippen molar-refractivity contribution in [3.63, 3.8) is 0 Å². The zero-order valence-electron chi connectivity index (χ0n) is 13.9. The van der Waals surface area contributed by atoms with Gasteiger partial charge in [0.2, 0.25) is 5.91 Å². The second kappa shape index (κ2) is 8.86. The number of thioether (sulfide) groups is 1. The minimum atomic E-state index is -0.0552. The number of nitrogens with zero attached hydrogens (tertiary/aromatic N) is 2. The van der Waals surface area contributed by atoms with Crippen molar-refractivity contribution in [3.8, 4) is 11.5 Å². The van der Waals surface area contributed by atoms with Gasteiger partial charge in [-0.1, -0.05) is 33.8 Å². The van der Waals surface area contributed by atoms with Gasteiger partial charge in [-0.2, -0.15) is 5.10 Å². The number of hydrogen-bond acceptors (Lipinski definition) is 6. The van der Waals surface area contributed by atoms with Crippen LogP contribution in [0.15, 0.2) is 57.1 Å². The topological polar surface area (TPSA) is 72.3 Å². The second-order valence-corrected chi connectivity index (χ2v) is 7.18. The summed E-state index contributed by atoms with van der Waals surface area (Å²) in [5, 5.41) is 11.2. The smallest absolute Gasteiger partial charge is 0.236 e. The van der Waals surface area contributed by atoms with Gasteiger partial charge in [0, 0.05) is 10.0 Å². The van der Waals surface area contributed by atoms with Gasteiger partial charge in [0.05, 0.1) is 19.1 Å². The van der Waals surface area contributed by atoms with Gasteiger partial charge in [-0.3, -0.25) is 4.79 Å². The molecule has 134 valence electrons. The number of carbonyl (C=O) groups excluding carboxylic acids is 1. The predicted octanol–water partition coefficient (Wildman–Crippen LogP) is 3.59. The number of nitrogens with one attached hydrogen (secondary N) is 1. The molecule has 0 unspecified atom stereocenters. The lowest BCUT2D eigenvalue weighted by Crippen LogP contribution is -2.19. The van der Waals surface area contributed by atoms with Crippen molar-refractivity contribution < 1.29 is 14.3 Å². The maximum absolute atomic E-state index is 11.1. The molecule has 0 bridgehead atoms. The fourth-order valence-electron chi connectivity index (χ4n) is 2.24. The molecule has 0 radical (unpaired) electrons. The van der Waals surface area contributed by atoms with Gasteiger partial charge in [-0.15, -0.1) is 5.10 Å². The van der Waals surface area contributed by atoms with Gasteiger partial charge >= 0.3 is 0 Å². The van der Waals surface area contributed by atoms with Crippen LogP contribution in [-0.4, -0.2) is 30.2 Å². The maximum Gasteiger partial charge on any atom is 0.236 e. The monoisotopic (exact) mass is 433 g/mol. The van der Waals surface area contributed by atoms with E-state index in [1.807, 2.05) is 42.5 Å². The molecule has 1 aliphatic heterocycles. The summed E-state index contributed by atoms with van der Waals surface area (Å²) in [5.41, 5.74) is 1.75. The maximum atomic E-state index is 11.1. The normalized spacial score (nSPS) is 15.5. The molecule has 1 heterocycles. The molecule has 26 heavy (non-hydrogen) atoms. The molecule has 0 atom stereocenters. The molecule has 1 fully saturated rings. The summed E-state index contributed by atoms with van der Waals surface area (Å²) in [5.74, 6) is 1.83. The molecule has 2 aromatic rings. The molecular weight excluding hydrogens is 418 g/mol. The van der Waals surface area contributed by atoms with E-state index in [0.29, 0.717) is 17.5 Å². The third-order valence-corrected chi connectivity index (χ3v) is 4.79. The highest BCUT2D eigenvalue weighted by Gasteiger charge is 2.15. The van der Waals surface area contributed by atoms with Crippen LogP contribution in [0, 0.1) is 0 Å². The van der Waals surface area contributed by atoms with E-state index in [9.17, 15) is 4.79 Å². The Morgan fingerprint density at radius 2 is 2.19 bits per heavy atom. The largest absolute Gasteiger partial charge is 0.496 e. The van der Waals surface area contributed by atoms with Crippen LogP contribution in [0.4, 0.5) is 0 Å². The fourth-order valence-corrected chi connectivity index (χ4v) is 3.25. The van der Waals surface area contributed by atoms with Crippen molar-refractivity contribution in [2.24, 2.45) is 10.2 Å². The van der Waals surface area contributed by atoms with E-state index < -0.39 is 0 Å². The minimum Gasteiger partial charge on any atom is -0.496 e. The number of hydrogen-bond donors (Lipinski definition) is 1. The summed E-state index contributed by atoms with van der Waals surface area (Å²) < 4.78 is 12.2. The Labute approximate surface area is 163 Å². The van der Waals surface area contributed by atoms with E-state index in [1.54, 1.807) is 13.3 Å². The Kier molecular flexibility index (Phi) is 6.30. The Morgan fingerprint density at radius 1 is 1.31 bits per heavy atom. The quantitative estimate of drug-likeness (QED) is 0.557. The van der Waals surface area contributed by atoms with Gasteiger partial charge in [-0.25, -0.2) is 0 Å². The fraction of sp³-hybridized carbons (Fsp3) is 0.167. The van der Waals surface area contributed by atoms with Crippen LogP contribution in [0.5, 0.6) is 11.5 Å². The lowest BCUT2D eigenvalue weighted by Gasteiger charge is -2.11. The number of rotatable bonds is 6. The Morgan fingerprint density at radius 3 is 2.92 bits per heavy atom. The number of amidine groups is 1. The molecule has 1 saturated heterocycles.